The summed E-state index contributed by atoms with van der Waals surface area (Å²) in [6.45, 7) is 5.94. The van der Waals surface area contributed by atoms with Gasteiger partial charge in [0.1, 0.15) is 0 Å². The number of fused-ring (bicyclic) bond motifs is 1. The number of H-pyrrole nitrogens is 1. The van der Waals surface area contributed by atoms with Gasteiger partial charge in [-0.15, -0.1) is 0 Å². The second kappa shape index (κ2) is 4.63. The molecule has 1 saturated heterocycles. The van der Waals surface area contributed by atoms with Crippen LogP contribution in [0.25, 0.3) is 0 Å². The number of aryl methyl sites for hydroxylation is 1. The second-order valence-electron chi connectivity index (χ2n) is 6.06. The first-order valence-electron chi connectivity index (χ1n) is 7.05. The molecule has 0 radical (unpaired) electrons. The Morgan fingerprint density at radius 3 is 2.95 bits per heavy atom. The summed E-state index contributed by atoms with van der Waals surface area (Å²) in [6.07, 6.45) is 4.32. The lowest BCUT2D eigenvalue weighted by Gasteiger charge is -2.41. The molecule has 1 aliphatic carbocycles. The summed E-state index contributed by atoms with van der Waals surface area (Å²) in [5.41, 5.74) is 2.67. The number of nitrogens with zero attached hydrogens (tertiary/aromatic N) is 2. The second-order valence-corrected chi connectivity index (χ2v) is 6.06. The van der Waals surface area contributed by atoms with Crippen molar-refractivity contribution in [2.75, 3.05) is 19.8 Å². The van der Waals surface area contributed by atoms with E-state index in [1.165, 1.54) is 6.42 Å². The minimum Gasteiger partial charge on any atom is -0.377 e. The number of nitrogens with one attached hydrogen (secondary N) is 1. The molecule has 0 aromatic carbocycles. The number of amides is 1. The lowest BCUT2D eigenvalue weighted by Crippen LogP contribution is -2.55. The van der Waals surface area contributed by atoms with E-state index in [-0.39, 0.29) is 11.4 Å². The van der Waals surface area contributed by atoms with Crippen LogP contribution in [0.5, 0.6) is 0 Å². The largest absolute Gasteiger partial charge is 0.377 e. The third-order valence-corrected chi connectivity index (χ3v) is 4.15. The van der Waals surface area contributed by atoms with E-state index in [1.807, 2.05) is 18.7 Å². The molecule has 0 bridgehead atoms. The van der Waals surface area contributed by atoms with Crippen LogP contribution in [0.4, 0.5) is 0 Å². The van der Waals surface area contributed by atoms with Crippen LogP contribution < -0.4 is 0 Å². The zero-order valence-electron chi connectivity index (χ0n) is 11.7. The minimum absolute atomic E-state index is 0.0488. The molecule has 0 atom stereocenters. The third-order valence-electron chi connectivity index (χ3n) is 4.15. The number of hydrogen-bond acceptors (Lipinski definition) is 3. The fourth-order valence-electron chi connectivity index (χ4n) is 3.02. The lowest BCUT2D eigenvalue weighted by atomic mass is 9.94. The van der Waals surface area contributed by atoms with Gasteiger partial charge in [0.05, 0.1) is 18.8 Å². The summed E-state index contributed by atoms with van der Waals surface area (Å²) in [4.78, 5) is 14.6. The Kier molecular flexibility index (Phi) is 3.09. The van der Waals surface area contributed by atoms with E-state index in [0.717, 1.165) is 30.5 Å². The first-order chi connectivity index (χ1) is 9.09. The summed E-state index contributed by atoms with van der Waals surface area (Å²) >= 11 is 0. The number of aromatic amines is 1. The van der Waals surface area contributed by atoms with Gasteiger partial charge in [-0.2, -0.15) is 5.10 Å². The SMILES string of the molecule is CC1(C)COCCN1C(=O)c1n[nH]c2c1CCCC2. The van der Waals surface area contributed by atoms with Crippen LogP contribution in [0.3, 0.4) is 0 Å². The molecular weight excluding hydrogens is 242 g/mol. The summed E-state index contributed by atoms with van der Waals surface area (Å²) in [5, 5.41) is 7.33. The van der Waals surface area contributed by atoms with Crippen molar-refractivity contribution in [1.82, 2.24) is 15.1 Å². The van der Waals surface area contributed by atoms with Crippen LogP contribution in [-0.2, 0) is 17.6 Å². The molecule has 5 nitrogen and oxygen atoms in total. The highest BCUT2D eigenvalue weighted by Crippen LogP contribution is 2.26. The van der Waals surface area contributed by atoms with Gasteiger partial charge in [-0.1, -0.05) is 0 Å². The Morgan fingerprint density at radius 1 is 1.37 bits per heavy atom. The molecule has 0 saturated carbocycles. The number of hydrogen-bond donors (Lipinski definition) is 1. The molecule has 19 heavy (non-hydrogen) atoms. The van der Waals surface area contributed by atoms with Gasteiger partial charge in [0.2, 0.25) is 0 Å². The first kappa shape index (κ1) is 12.7. The van der Waals surface area contributed by atoms with Crippen molar-refractivity contribution in [3.63, 3.8) is 0 Å². The molecule has 1 fully saturated rings. The molecule has 1 N–H and O–H groups in total. The Labute approximate surface area is 113 Å². The Hall–Kier alpha value is -1.36. The molecule has 2 heterocycles. The van der Waals surface area contributed by atoms with Crippen LogP contribution >= 0.6 is 0 Å². The molecule has 1 aliphatic heterocycles. The first-order valence-corrected chi connectivity index (χ1v) is 7.05. The number of aromatic nitrogens is 2. The van der Waals surface area contributed by atoms with E-state index in [4.69, 9.17) is 4.74 Å². The maximum Gasteiger partial charge on any atom is 0.275 e. The lowest BCUT2D eigenvalue weighted by molar-refractivity contribution is -0.0373. The number of carbonyl (C=O) groups excluding carboxylic acids is 1. The highest BCUT2D eigenvalue weighted by molar-refractivity contribution is 5.94. The third kappa shape index (κ3) is 2.16. The smallest absolute Gasteiger partial charge is 0.275 e. The fraction of sp³-hybridized carbons (Fsp3) is 0.714. The number of ether oxygens (including phenoxy) is 1. The van der Waals surface area contributed by atoms with Crippen LogP contribution in [0, 0.1) is 0 Å². The van der Waals surface area contributed by atoms with E-state index in [9.17, 15) is 4.79 Å². The standard InChI is InChI=1S/C14H21N3O2/c1-14(2)9-19-8-7-17(14)13(18)12-10-5-3-4-6-11(10)15-16-12/h3-9H2,1-2H3,(H,15,16). The van der Waals surface area contributed by atoms with Gasteiger partial charge in [-0.25, -0.2) is 0 Å². The molecule has 1 aromatic rings. The van der Waals surface area contributed by atoms with Crippen LogP contribution in [-0.4, -0.2) is 46.3 Å². The highest BCUT2D eigenvalue weighted by Gasteiger charge is 2.36. The van der Waals surface area contributed by atoms with E-state index in [0.29, 0.717) is 25.5 Å². The van der Waals surface area contributed by atoms with Crippen molar-refractivity contribution in [3.05, 3.63) is 17.0 Å². The number of carbonyl (C=O) groups is 1. The fourth-order valence-corrected chi connectivity index (χ4v) is 3.02. The minimum atomic E-state index is -0.254. The van der Waals surface area contributed by atoms with Crippen molar-refractivity contribution < 1.29 is 9.53 Å². The molecule has 1 amide bonds. The van der Waals surface area contributed by atoms with Crippen LogP contribution in [0.15, 0.2) is 0 Å². The molecule has 0 unspecified atom stereocenters. The quantitative estimate of drug-likeness (QED) is 0.836. The normalized spacial score (nSPS) is 22.1. The van der Waals surface area contributed by atoms with Crippen LogP contribution in [0.2, 0.25) is 0 Å². The zero-order valence-corrected chi connectivity index (χ0v) is 11.7. The zero-order chi connectivity index (χ0) is 13.5. The number of morpholine rings is 1. The summed E-state index contributed by atoms with van der Waals surface area (Å²) < 4.78 is 5.47. The predicted molar refractivity (Wildman–Crippen MR) is 71.2 cm³/mol. The molecular formula is C14H21N3O2. The van der Waals surface area contributed by atoms with Gasteiger partial charge in [-0.3, -0.25) is 9.89 Å². The molecule has 1 aromatic heterocycles. The maximum atomic E-state index is 12.7. The highest BCUT2D eigenvalue weighted by atomic mass is 16.5. The maximum absolute atomic E-state index is 12.7. The van der Waals surface area contributed by atoms with Gasteiger partial charge >= 0.3 is 0 Å². The Bertz CT molecular complexity index is 493. The summed E-state index contributed by atoms with van der Waals surface area (Å²) in [7, 11) is 0. The van der Waals surface area contributed by atoms with Crippen molar-refractivity contribution >= 4 is 5.91 Å². The summed E-state index contributed by atoms with van der Waals surface area (Å²) in [6, 6.07) is 0. The Balaban J connectivity index is 1.89. The Morgan fingerprint density at radius 2 is 2.16 bits per heavy atom. The van der Waals surface area contributed by atoms with Gasteiger partial charge in [-0.05, 0) is 39.5 Å². The van der Waals surface area contributed by atoms with Crippen molar-refractivity contribution in [2.24, 2.45) is 0 Å². The van der Waals surface area contributed by atoms with E-state index in [1.54, 1.807) is 0 Å². The van der Waals surface area contributed by atoms with Crippen molar-refractivity contribution in [1.29, 1.82) is 0 Å². The van der Waals surface area contributed by atoms with Crippen molar-refractivity contribution in [2.45, 2.75) is 45.1 Å². The monoisotopic (exact) mass is 263 g/mol. The molecule has 0 spiro atoms. The van der Waals surface area contributed by atoms with Crippen LogP contribution in [0.1, 0.15) is 48.4 Å². The van der Waals surface area contributed by atoms with E-state index in [2.05, 4.69) is 10.2 Å². The summed E-state index contributed by atoms with van der Waals surface area (Å²) in [5.74, 6) is 0.0488. The topological polar surface area (TPSA) is 58.2 Å². The average molecular weight is 263 g/mol. The number of rotatable bonds is 1. The van der Waals surface area contributed by atoms with Gasteiger partial charge in [0.25, 0.3) is 5.91 Å². The van der Waals surface area contributed by atoms with E-state index < -0.39 is 0 Å². The van der Waals surface area contributed by atoms with Gasteiger partial charge in [0.15, 0.2) is 5.69 Å². The van der Waals surface area contributed by atoms with Gasteiger partial charge in [0, 0.05) is 17.8 Å². The predicted octanol–water partition coefficient (Wildman–Crippen LogP) is 1.54. The molecule has 5 heteroatoms. The molecule has 2 aliphatic rings. The average Bonchev–Trinajstić information content (AvgIpc) is 2.81. The van der Waals surface area contributed by atoms with Gasteiger partial charge < -0.3 is 9.64 Å². The molecule has 3 rings (SSSR count). The van der Waals surface area contributed by atoms with Crippen molar-refractivity contribution in [3.8, 4) is 0 Å². The van der Waals surface area contributed by atoms with E-state index >= 15 is 0 Å². The molecule has 104 valence electrons.